The second-order valence-corrected chi connectivity index (χ2v) is 7.35. The van der Waals surface area contributed by atoms with E-state index in [2.05, 4.69) is 21.2 Å². The van der Waals surface area contributed by atoms with Gasteiger partial charge in [-0.25, -0.2) is 13.6 Å². The van der Waals surface area contributed by atoms with Crippen LogP contribution in [0.3, 0.4) is 0 Å². The van der Waals surface area contributed by atoms with Crippen molar-refractivity contribution >= 4 is 31.9 Å². The number of carbonyl (C=O) groups excluding carboxylic acids is 1. The number of nitrogens with two attached hydrogens (primary N) is 1. The van der Waals surface area contributed by atoms with Crippen LogP contribution in [0.4, 0.5) is 0 Å². The molecule has 0 aromatic heterocycles. The highest BCUT2D eigenvalue weighted by molar-refractivity contribution is 9.10. The average Bonchev–Trinajstić information content (AvgIpc) is 2.26. The Bertz CT molecular complexity index is 614. The van der Waals surface area contributed by atoms with E-state index < -0.39 is 21.5 Å². The Kier molecular flexibility index (Phi) is 5.31. The van der Waals surface area contributed by atoms with Gasteiger partial charge in [-0.05, 0) is 48.0 Å². The van der Waals surface area contributed by atoms with Gasteiger partial charge in [0, 0.05) is 17.1 Å². The Morgan fingerprint density at radius 2 is 2.05 bits per heavy atom. The molecule has 0 heterocycles. The predicted molar refractivity (Wildman–Crippen MR) is 78.9 cm³/mol. The molecule has 0 aliphatic rings. The van der Waals surface area contributed by atoms with Gasteiger partial charge < -0.3 is 10.1 Å². The first-order valence-electron chi connectivity index (χ1n) is 5.70. The normalized spacial score (nSPS) is 12.2. The third-order valence-corrected chi connectivity index (χ3v) is 4.36. The van der Waals surface area contributed by atoms with E-state index in [1.807, 2.05) is 0 Å². The summed E-state index contributed by atoms with van der Waals surface area (Å²) >= 11 is 3.09. The number of carbonyl (C=O) groups is 1. The molecule has 0 aliphatic heterocycles. The summed E-state index contributed by atoms with van der Waals surface area (Å²) in [6.45, 7) is 3.93. The zero-order valence-electron chi connectivity index (χ0n) is 11.4. The van der Waals surface area contributed by atoms with Gasteiger partial charge in [0.05, 0.1) is 17.0 Å². The molecule has 0 aliphatic carbocycles. The van der Waals surface area contributed by atoms with Gasteiger partial charge in [-0.1, -0.05) is 0 Å². The lowest BCUT2D eigenvalue weighted by Crippen LogP contribution is -2.46. The zero-order chi connectivity index (χ0) is 15.6. The first-order valence-corrected chi connectivity index (χ1v) is 8.04. The third kappa shape index (κ3) is 4.55. The number of benzene rings is 1. The van der Waals surface area contributed by atoms with Gasteiger partial charge in [0.1, 0.15) is 0 Å². The molecular formula is C12H17BrN2O4S. The molecule has 1 aromatic rings. The molecule has 1 amide bonds. The van der Waals surface area contributed by atoms with E-state index in [1.165, 1.54) is 25.3 Å². The molecule has 6 nitrogen and oxygen atoms in total. The summed E-state index contributed by atoms with van der Waals surface area (Å²) in [6.07, 6.45) is 0. The highest BCUT2D eigenvalue weighted by Crippen LogP contribution is 2.22. The zero-order valence-corrected chi connectivity index (χ0v) is 13.8. The molecule has 0 atom stereocenters. The largest absolute Gasteiger partial charge is 0.382 e. The quantitative estimate of drug-likeness (QED) is 0.821. The van der Waals surface area contributed by atoms with Crippen LogP contribution < -0.4 is 10.5 Å². The van der Waals surface area contributed by atoms with Gasteiger partial charge in [0.15, 0.2) is 0 Å². The number of halogens is 1. The fraction of sp³-hybridized carbons (Fsp3) is 0.417. The molecule has 0 fully saturated rings. The Hall–Kier alpha value is -0.960. The monoisotopic (exact) mass is 364 g/mol. The lowest BCUT2D eigenvalue weighted by atomic mass is 10.1. The second kappa shape index (κ2) is 6.21. The third-order valence-electron chi connectivity index (χ3n) is 2.46. The van der Waals surface area contributed by atoms with Gasteiger partial charge in [-0.2, -0.15) is 0 Å². The van der Waals surface area contributed by atoms with Crippen LogP contribution in [0.2, 0.25) is 0 Å². The van der Waals surface area contributed by atoms with Gasteiger partial charge in [-0.15, -0.1) is 0 Å². The molecule has 0 spiro atoms. The summed E-state index contributed by atoms with van der Waals surface area (Å²) in [5.74, 6) is -0.399. The van der Waals surface area contributed by atoms with Crippen molar-refractivity contribution in [1.29, 1.82) is 0 Å². The molecule has 0 saturated carbocycles. The van der Waals surface area contributed by atoms with E-state index in [0.29, 0.717) is 11.1 Å². The first-order chi connectivity index (χ1) is 9.07. The number of rotatable bonds is 5. The highest BCUT2D eigenvalue weighted by Gasteiger charge is 2.22. The lowest BCUT2D eigenvalue weighted by molar-refractivity contribution is 0.0820. The van der Waals surface area contributed by atoms with Gasteiger partial charge in [-0.3, -0.25) is 4.79 Å². The van der Waals surface area contributed by atoms with Crippen LogP contribution in [0, 0.1) is 0 Å². The molecule has 0 radical (unpaired) electrons. The Morgan fingerprint density at radius 3 is 2.55 bits per heavy atom. The summed E-state index contributed by atoms with van der Waals surface area (Å²) < 4.78 is 28.1. The second-order valence-electron chi connectivity index (χ2n) is 4.96. The fourth-order valence-electron chi connectivity index (χ4n) is 1.64. The number of amides is 1. The smallest absolute Gasteiger partial charge is 0.251 e. The molecule has 112 valence electrons. The van der Waals surface area contributed by atoms with Crippen LogP contribution in [-0.4, -0.2) is 33.6 Å². The molecule has 8 heteroatoms. The average molecular weight is 365 g/mol. The number of hydrogen-bond acceptors (Lipinski definition) is 4. The van der Waals surface area contributed by atoms with E-state index in [1.54, 1.807) is 13.8 Å². The molecule has 20 heavy (non-hydrogen) atoms. The number of nitrogens with one attached hydrogen (secondary N) is 1. The minimum Gasteiger partial charge on any atom is -0.382 e. The van der Waals surface area contributed by atoms with Crippen molar-refractivity contribution in [2.75, 3.05) is 13.7 Å². The lowest BCUT2D eigenvalue weighted by Gasteiger charge is -2.25. The summed E-state index contributed by atoms with van der Waals surface area (Å²) in [6, 6.07) is 4.21. The molecular weight excluding hydrogens is 348 g/mol. The summed E-state index contributed by atoms with van der Waals surface area (Å²) in [7, 11) is -2.36. The Morgan fingerprint density at radius 1 is 1.45 bits per heavy atom. The van der Waals surface area contributed by atoms with Crippen molar-refractivity contribution in [2.24, 2.45) is 5.14 Å². The van der Waals surface area contributed by atoms with Crippen molar-refractivity contribution in [3.8, 4) is 0 Å². The minimum absolute atomic E-state index is 0.130. The van der Waals surface area contributed by atoms with E-state index in [4.69, 9.17) is 9.88 Å². The summed E-state index contributed by atoms with van der Waals surface area (Å²) in [5, 5.41) is 7.85. The SMILES string of the molecule is COCC(C)(C)NC(=O)c1ccc(Br)c(S(N)(=O)=O)c1. The summed E-state index contributed by atoms with van der Waals surface area (Å²) in [5.41, 5.74) is -0.359. The van der Waals surface area contributed by atoms with Crippen LogP contribution in [0.1, 0.15) is 24.2 Å². The topological polar surface area (TPSA) is 98.5 Å². The van der Waals surface area contributed by atoms with E-state index >= 15 is 0 Å². The fourth-order valence-corrected chi connectivity index (χ4v) is 3.19. The minimum atomic E-state index is -3.89. The van der Waals surface area contributed by atoms with Crippen molar-refractivity contribution in [1.82, 2.24) is 5.32 Å². The Balaban J connectivity index is 3.07. The molecule has 0 unspecified atom stereocenters. The maximum absolute atomic E-state index is 12.1. The van der Waals surface area contributed by atoms with Crippen LogP contribution in [0.5, 0.6) is 0 Å². The van der Waals surface area contributed by atoms with Crippen molar-refractivity contribution in [3.05, 3.63) is 28.2 Å². The summed E-state index contributed by atoms with van der Waals surface area (Å²) in [4.78, 5) is 12.0. The number of methoxy groups -OCH3 is 1. The van der Waals surface area contributed by atoms with Crippen LogP contribution in [0.25, 0.3) is 0 Å². The van der Waals surface area contributed by atoms with Gasteiger partial charge >= 0.3 is 0 Å². The van der Waals surface area contributed by atoms with Crippen molar-refractivity contribution in [3.63, 3.8) is 0 Å². The molecule has 1 rings (SSSR count). The Labute approximate surface area is 126 Å². The molecule has 0 bridgehead atoms. The van der Waals surface area contributed by atoms with E-state index in [0.717, 1.165) is 0 Å². The van der Waals surface area contributed by atoms with E-state index in [-0.39, 0.29) is 10.5 Å². The van der Waals surface area contributed by atoms with Crippen LogP contribution in [0.15, 0.2) is 27.6 Å². The van der Waals surface area contributed by atoms with Crippen molar-refractivity contribution in [2.45, 2.75) is 24.3 Å². The van der Waals surface area contributed by atoms with Gasteiger partial charge in [0.25, 0.3) is 5.91 Å². The van der Waals surface area contributed by atoms with Gasteiger partial charge in [0.2, 0.25) is 10.0 Å². The van der Waals surface area contributed by atoms with E-state index in [9.17, 15) is 13.2 Å². The highest BCUT2D eigenvalue weighted by atomic mass is 79.9. The molecule has 1 aromatic carbocycles. The maximum atomic E-state index is 12.1. The number of ether oxygens (including phenoxy) is 1. The first kappa shape index (κ1) is 17.1. The number of primary sulfonamides is 1. The predicted octanol–water partition coefficient (Wildman–Crippen LogP) is 1.25. The molecule has 3 N–H and O–H groups in total. The van der Waals surface area contributed by atoms with Crippen LogP contribution in [-0.2, 0) is 14.8 Å². The maximum Gasteiger partial charge on any atom is 0.251 e. The number of sulfonamides is 1. The molecule has 0 saturated heterocycles. The van der Waals surface area contributed by atoms with Crippen molar-refractivity contribution < 1.29 is 17.9 Å². The standard InChI is InChI=1S/C12H17BrN2O4S/c1-12(2,7-19-3)15-11(16)8-4-5-9(13)10(6-8)20(14,17)18/h4-6H,7H2,1-3H3,(H,15,16)(H2,14,17,18). The van der Waals surface area contributed by atoms with Crippen LogP contribution >= 0.6 is 15.9 Å². The number of hydrogen-bond donors (Lipinski definition) is 2.